The summed E-state index contributed by atoms with van der Waals surface area (Å²) in [7, 11) is 0. The lowest BCUT2D eigenvalue weighted by atomic mass is 10.1. The third kappa shape index (κ3) is 5.02. The van der Waals surface area contributed by atoms with Crippen molar-refractivity contribution in [3.63, 3.8) is 0 Å². The zero-order chi connectivity index (χ0) is 22.5. The van der Waals surface area contributed by atoms with Gasteiger partial charge in [-0.25, -0.2) is 4.98 Å². The van der Waals surface area contributed by atoms with Gasteiger partial charge in [0, 0.05) is 30.1 Å². The van der Waals surface area contributed by atoms with Crippen LogP contribution in [-0.4, -0.2) is 34.2 Å². The molecule has 0 radical (unpaired) electrons. The minimum Gasteiger partial charge on any atom is -0.347 e. The van der Waals surface area contributed by atoms with Crippen molar-refractivity contribution >= 4 is 40.2 Å². The monoisotopic (exact) mass is 450 g/mol. The Hall–Kier alpha value is -3.13. The normalized spacial score (nSPS) is 13.3. The summed E-state index contributed by atoms with van der Waals surface area (Å²) in [5.74, 6) is -0.647. The van der Waals surface area contributed by atoms with E-state index in [0.29, 0.717) is 36.1 Å². The Bertz CT molecular complexity index is 1200. The molecule has 166 valence electrons. The number of carbonyl (C=O) groups is 2. The van der Waals surface area contributed by atoms with Gasteiger partial charge >= 0.3 is 11.8 Å². The van der Waals surface area contributed by atoms with Crippen LogP contribution in [0.4, 0.5) is 5.69 Å². The van der Waals surface area contributed by atoms with Crippen LogP contribution in [0, 0.1) is 0 Å². The zero-order valence-electron chi connectivity index (χ0n) is 18.0. The highest BCUT2D eigenvalue weighted by atomic mass is 32.2. The summed E-state index contributed by atoms with van der Waals surface area (Å²) in [5, 5.41) is 5.68. The van der Waals surface area contributed by atoms with Gasteiger partial charge in [0.05, 0.1) is 10.9 Å². The number of thioether (sulfide) groups is 1. The number of fused-ring (bicyclic) bond motifs is 2. The predicted molar refractivity (Wildman–Crippen MR) is 127 cm³/mol. The first kappa shape index (κ1) is 22.1. The van der Waals surface area contributed by atoms with Gasteiger partial charge < -0.3 is 10.6 Å². The van der Waals surface area contributed by atoms with Crippen LogP contribution in [-0.2, 0) is 29.0 Å². The van der Waals surface area contributed by atoms with Gasteiger partial charge in [0.2, 0.25) is 0 Å². The van der Waals surface area contributed by atoms with Crippen molar-refractivity contribution < 1.29 is 9.59 Å². The molecule has 7 nitrogen and oxygen atoms in total. The second kappa shape index (κ2) is 9.99. The summed E-state index contributed by atoms with van der Waals surface area (Å²) in [5.41, 5.74) is 2.00. The molecular formula is C24H26N4O3S. The van der Waals surface area contributed by atoms with E-state index in [0.717, 1.165) is 37.1 Å². The topological polar surface area (TPSA) is 93.1 Å². The Morgan fingerprint density at radius 2 is 1.88 bits per heavy atom. The number of hydrogen-bond donors (Lipinski definition) is 2. The van der Waals surface area contributed by atoms with E-state index in [1.54, 1.807) is 34.5 Å². The minimum atomic E-state index is -0.759. The highest BCUT2D eigenvalue weighted by molar-refractivity contribution is 7.98. The van der Waals surface area contributed by atoms with E-state index in [1.807, 2.05) is 30.5 Å². The van der Waals surface area contributed by atoms with Crippen molar-refractivity contribution in [3.05, 3.63) is 64.2 Å². The molecule has 0 saturated heterocycles. The molecule has 1 aromatic heterocycles. The number of benzene rings is 2. The van der Waals surface area contributed by atoms with E-state index in [2.05, 4.69) is 15.6 Å². The number of amides is 2. The van der Waals surface area contributed by atoms with Crippen molar-refractivity contribution in [1.29, 1.82) is 0 Å². The van der Waals surface area contributed by atoms with Gasteiger partial charge in [-0.2, -0.15) is 0 Å². The number of aromatic nitrogens is 2. The molecule has 2 amide bonds. The van der Waals surface area contributed by atoms with Crippen LogP contribution in [0.2, 0.25) is 0 Å². The van der Waals surface area contributed by atoms with E-state index in [-0.39, 0.29) is 5.56 Å². The highest BCUT2D eigenvalue weighted by Crippen LogP contribution is 2.18. The van der Waals surface area contributed by atoms with Crippen molar-refractivity contribution in [3.8, 4) is 0 Å². The second-order valence-electron chi connectivity index (χ2n) is 7.84. The molecule has 2 aromatic carbocycles. The van der Waals surface area contributed by atoms with E-state index < -0.39 is 11.8 Å². The molecule has 2 heterocycles. The quantitative estimate of drug-likeness (QED) is 0.460. The molecule has 2 N–H and O–H groups in total. The molecule has 0 unspecified atom stereocenters. The van der Waals surface area contributed by atoms with Crippen LogP contribution >= 0.6 is 11.8 Å². The lowest BCUT2D eigenvalue weighted by molar-refractivity contribution is -0.136. The van der Waals surface area contributed by atoms with E-state index in [9.17, 15) is 14.4 Å². The fourth-order valence-corrected chi connectivity index (χ4v) is 4.28. The number of nitrogens with one attached hydrogen (secondary N) is 2. The Morgan fingerprint density at radius 1 is 1.06 bits per heavy atom. The maximum atomic E-state index is 12.9. The highest BCUT2D eigenvalue weighted by Gasteiger charge is 2.16. The number of hydrogen-bond acceptors (Lipinski definition) is 5. The summed E-state index contributed by atoms with van der Waals surface area (Å²) in [6.07, 6.45) is 6.52. The van der Waals surface area contributed by atoms with E-state index in [1.165, 1.54) is 4.90 Å². The van der Waals surface area contributed by atoms with Gasteiger partial charge in [0.1, 0.15) is 5.82 Å². The number of nitrogens with zero attached hydrogens (tertiary/aromatic N) is 2. The molecule has 0 fully saturated rings. The van der Waals surface area contributed by atoms with Gasteiger partial charge in [0.25, 0.3) is 5.56 Å². The van der Waals surface area contributed by atoms with Crippen LogP contribution in [0.15, 0.2) is 52.2 Å². The summed E-state index contributed by atoms with van der Waals surface area (Å²) in [6, 6.07) is 13.1. The van der Waals surface area contributed by atoms with Gasteiger partial charge in [-0.3, -0.25) is 19.0 Å². The molecule has 8 heteroatoms. The zero-order valence-corrected chi connectivity index (χ0v) is 18.8. The largest absolute Gasteiger partial charge is 0.347 e. The van der Waals surface area contributed by atoms with Crippen molar-refractivity contribution in [1.82, 2.24) is 14.9 Å². The maximum absolute atomic E-state index is 12.9. The Labute approximate surface area is 190 Å². The van der Waals surface area contributed by atoms with Crippen molar-refractivity contribution in [2.75, 3.05) is 18.1 Å². The van der Waals surface area contributed by atoms with Crippen molar-refractivity contribution in [2.45, 2.75) is 43.5 Å². The Morgan fingerprint density at radius 3 is 2.66 bits per heavy atom. The maximum Gasteiger partial charge on any atom is 0.313 e. The van der Waals surface area contributed by atoms with Gasteiger partial charge in [-0.05, 0) is 61.4 Å². The minimum absolute atomic E-state index is 0.0973. The first-order valence-corrected chi connectivity index (χ1v) is 12.0. The van der Waals surface area contributed by atoms with Crippen LogP contribution in [0.5, 0.6) is 0 Å². The smallest absolute Gasteiger partial charge is 0.313 e. The third-order valence-electron chi connectivity index (χ3n) is 5.64. The lowest BCUT2D eigenvalue weighted by Crippen LogP contribution is -2.36. The average Bonchev–Trinajstić information content (AvgIpc) is 3.05. The molecule has 0 aliphatic carbocycles. The van der Waals surface area contributed by atoms with E-state index in [4.69, 9.17) is 0 Å². The number of aryl methyl sites for hydroxylation is 1. The average molecular weight is 451 g/mol. The van der Waals surface area contributed by atoms with Gasteiger partial charge in [0.15, 0.2) is 0 Å². The molecule has 0 bridgehead atoms. The number of carbonyl (C=O) groups excluding carboxylic acids is 2. The molecule has 32 heavy (non-hydrogen) atoms. The second-order valence-corrected chi connectivity index (χ2v) is 8.72. The van der Waals surface area contributed by atoms with Crippen LogP contribution in [0.25, 0.3) is 10.9 Å². The predicted octanol–water partition coefficient (Wildman–Crippen LogP) is 3.14. The molecule has 0 spiro atoms. The SMILES string of the molecule is CSc1ccc(CCNC(=O)C(=O)Nc2ccc3nc4n(c(=O)c3c2)CCCCC4)cc1. The van der Waals surface area contributed by atoms with Gasteiger partial charge in [-0.1, -0.05) is 18.6 Å². The van der Waals surface area contributed by atoms with Crippen molar-refractivity contribution in [2.24, 2.45) is 0 Å². The molecule has 0 saturated carbocycles. The fourth-order valence-electron chi connectivity index (χ4n) is 3.88. The van der Waals surface area contributed by atoms with Crippen LogP contribution in [0.3, 0.4) is 0 Å². The molecule has 3 aromatic rings. The summed E-state index contributed by atoms with van der Waals surface area (Å²) in [6.45, 7) is 1.02. The summed E-state index contributed by atoms with van der Waals surface area (Å²) >= 11 is 1.67. The molecule has 0 atom stereocenters. The fraction of sp³-hybridized carbons (Fsp3) is 0.333. The molecular weight excluding hydrogens is 424 g/mol. The Kier molecular flexibility index (Phi) is 6.90. The molecule has 1 aliphatic heterocycles. The van der Waals surface area contributed by atoms with E-state index >= 15 is 0 Å². The Balaban J connectivity index is 1.39. The number of anilines is 1. The van der Waals surface area contributed by atoms with Crippen LogP contribution < -0.4 is 16.2 Å². The van der Waals surface area contributed by atoms with Gasteiger partial charge in [-0.15, -0.1) is 11.8 Å². The molecule has 1 aliphatic rings. The standard InChI is InChI=1S/C24H26N4O3S/c1-32-18-9-6-16(7-10-18)12-13-25-22(29)23(30)26-17-8-11-20-19(15-17)24(31)28-14-4-2-3-5-21(28)27-20/h6-11,15H,2-5,12-14H2,1H3,(H,25,29)(H,26,30). The third-order valence-corrected chi connectivity index (χ3v) is 6.38. The number of rotatable bonds is 5. The molecule has 4 rings (SSSR count). The first-order chi connectivity index (χ1) is 15.5. The summed E-state index contributed by atoms with van der Waals surface area (Å²) < 4.78 is 1.74. The lowest BCUT2D eigenvalue weighted by Gasteiger charge is -2.11. The van der Waals surface area contributed by atoms with Crippen LogP contribution in [0.1, 0.15) is 30.7 Å². The summed E-state index contributed by atoms with van der Waals surface area (Å²) in [4.78, 5) is 43.3. The first-order valence-electron chi connectivity index (χ1n) is 10.8.